The predicted octanol–water partition coefficient (Wildman–Crippen LogP) is 3.10. The van der Waals surface area contributed by atoms with Crippen LogP contribution in [0, 0.1) is 5.92 Å². The maximum atomic E-state index is 12.6. The number of aromatic nitrogens is 1. The smallest absolute Gasteiger partial charge is 0.223 e. The highest BCUT2D eigenvalue weighted by Crippen LogP contribution is 2.21. The summed E-state index contributed by atoms with van der Waals surface area (Å²) in [6, 6.07) is 11.8. The normalized spacial score (nSPS) is 17.3. The van der Waals surface area contributed by atoms with Gasteiger partial charge in [0, 0.05) is 43.0 Å². The van der Waals surface area contributed by atoms with Crippen LogP contribution >= 0.6 is 11.6 Å². The first kappa shape index (κ1) is 19.8. The van der Waals surface area contributed by atoms with E-state index in [1.807, 2.05) is 43.5 Å². The largest absolute Gasteiger partial charge is 0.379 e. The van der Waals surface area contributed by atoms with Gasteiger partial charge in [-0.1, -0.05) is 36.7 Å². The summed E-state index contributed by atoms with van der Waals surface area (Å²) in [6.45, 7) is 5.67. The maximum absolute atomic E-state index is 12.6. The zero-order valence-electron chi connectivity index (χ0n) is 15.6. The summed E-state index contributed by atoms with van der Waals surface area (Å²) in [5.41, 5.74) is 2.23. The van der Waals surface area contributed by atoms with E-state index in [9.17, 15) is 4.79 Å². The van der Waals surface area contributed by atoms with Crippen LogP contribution in [0.2, 0.25) is 5.02 Å². The van der Waals surface area contributed by atoms with E-state index in [2.05, 4.69) is 21.3 Å². The minimum Gasteiger partial charge on any atom is -0.379 e. The molecule has 1 aliphatic heterocycles. The number of amides is 1. The Labute approximate surface area is 165 Å². The molecule has 1 N–H and O–H groups in total. The van der Waals surface area contributed by atoms with Crippen molar-refractivity contribution in [1.82, 2.24) is 15.2 Å². The number of morpholine rings is 1. The zero-order valence-corrected chi connectivity index (χ0v) is 16.4. The first-order valence-corrected chi connectivity index (χ1v) is 9.75. The number of nitrogens with zero attached hydrogens (tertiary/aromatic N) is 2. The predicted molar refractivity (Wildman–Crippen MR) is 107 cm³/mol. The number of carbonyl (C=O) groups is 1. The second kappa shape index (κ2) is 9.83. The van der Waals surface area contributed by atoms with Gasteiger partial charge in [-0.15, -0.1) is 0 Å². The number of pyridine rings is 1. The van der Waals surface area contributed by atoms with Gasteiger partial charge in [0.2, 0.25) is 5.91 Å². The summed E-state index contributed by atoms with van der Waals surface area (Å²) in [5, 5.41) is 3.84. The monoisotopic (exact) mass is 387 g/mol. The van der Waals surface area contributed by atoms with Crippen LogP contribution in [0.15, 0.2) is 48.8 Å². The van der Waals surface area contributed by atoms with Gasteiger partial charge in [-0.05, 0) is 35.7 Å². The van der Waals surface area contributed by atoms with Crippen LogP contribution in [-0.4, -0.2) is 48.6 Å². The van der Waals surface area contributed by atoms with Crippen molar-refractivity contribution < 1.29 is 9.53 Å². The molecule has 2 atom stereocenters. The molecule has 0 saturated carbocycles. The lowest BCUT2D eigenvalue weighted by molar-refractivity contribution is -0.124. The SMILES string of the molecule is CC(Cc1ccc(Cl)cc1)C(=O)NCC(c1cccnc1)N1CCOCC1. The first-order valence-electron chi connectivity index (χ1n) is 9.37. The van der Waals surface area contributed by atoms with Gasteiger partial charge >= 0.3 is 0 Å². The van der Waals surface area contributed by atoms with Gasteiger partial charge in [0.1, 0.15) is 0 Å². The molecule has 27 heavy (non-hydrogen) atoms. The molecule has 0 radical (unpaired) electrons. The Morgan fingerprint density at radius 3 is 2.67 bits per heavy atom. The fourth-order valence-electron chi connectivity index (χ4n) is 3.36. The summed E-state index contributed by atoms with van der Waals surface area (Å²) >= 11 is 5.93. The van der Waals surface area contributed by atoms with E-state index in [0.29, 0.717) is 18.0 Å². The molecule has 0 aliphatic carbocycles. The van der Waals surface area contributed by atoms with Crippen LogP contribution in [0.1, 0.15) is 24.1 Å². The number of hydrogen-bond donors (Lipinski definition) is 1. The van der Waals surface area contributed by atoms with Crippen LogP contribution in [-0.2, 0) is 16.0 Å². The van der Waals surface area contributed by atoms with Gasteiger partial charge in [-0.2, -0.15) is 0 Å². The topological polar surface area (TPSA) is 54.5 Å². The van der Waals surface area contributed by atoms with Crippen molar-refractivity contribution in [2.45, 2.75) is 19.4 Å². The van der Waals surface area contributed by atoms with Crippen LogP contribution in [0.5, 0.6) is 0 Å². The van der Waals surface area contributed by atoms with Crippen LogP contribution in [0.3, 0.4) is 0 Å². The molecule has 1 aromatic carbocycles. The Balaban J connectivity index is 1.60. The lowest BCUT2D eigenvalue weighted by Crippen LogP contribution is -2.44. The van der Waals surface area contributed by atoms with Crippen LogP contribution in [0.25, 0.3) is 0 Å². The van der Waals surface area contributed by atoms with Gasteiger partial charge in [0.25, 0.3) is 0 Å². The van der Waals surface area contributed by atoms with Gasteiger partial charge in [-0.25, -0.2) is 0 Å². The fourth-order valence-corrected chi connectivity index (χ4v) is 3.48. The summed E-state index contributed by atoms with van der Waals surface area (Å²) in [7, 11) is 0. The second-order valence-corrected chi connectivity index (χ2v) is 7.36. The quantitative estimate of drug-likeness (QED) is 0.793. The number of hydrogen-bond acceptors (Lipinski definition) is 4. The molecular formula is C21H26ClN3O2. The van der Waals surface area contributed by atoms with Crippen molar-refractivity contribution >= 4 is 17.5 Å². The molecule has 1 saturated heterocycles. The molecule has 2 aromatic rings. The Hall–Kier alpha value is -1.95. The van der Waals surface area contributed by atoms with Crippen molar-refractivity contribution in [3.05, 3.63) is 64.9 Å². The molecule has 144 valence electrons. The molecule has 0 bridgehead atoms. The molecule has 0 spiro atoms. The third kappa shape index (κ3) is 5.76. The van der Waals surface area contributed by atoms with Crippen molar-refractivity contribution in [2.75, 3.05) is 32.8 Å². The van der Waals surface area contributed by atoms with Crippen LogP contribution in [0.4, 0.5) is 0 Å². The Morgan fingerprint density at radius 1 is 1.26 bits per heavy atom. The van der Waals surface area contributed by atoms with E-state index >= 15 is 0 Å². The lowest BCUT2D eigenvalue weighted by Gasteiger charge is -2.34. The third-order valence-corrected chi connectivity index (χ3v) is 5.18. The summed E-state index contributed by atoms with van der Waals surface area (Å²) in [4.78, 5) is 19.2. The standard InChI is InChI=1S/C21H26ClN3O2/c1-16(13-17-4-6-19(22)7-5-17)21(26)24-15-20(18-3-2-8-23-14-18)25-9-11-27-12-10-25/h2-8,14,16,20H,9-13,15H2,1H3,(H,24,26). The molecule has 2 heterocycles. The summed E-state index contributed by atoms with van der Waals surface area (Å²) < 4.78 is 5.47. The van der Waals surface area contributed by atoms with Crippen LogP contribution < -0.4 is 5.32 Å². The Morgan fingerprint density at radius 2 is 2.00 bits per heavy atom. The average Bonchev–Trinajstić information content (AvgIpc) is 2.71. The van der Waals surface area contributed by atoms with Gasteiger partial charge in [0.15, 0.2) is 0 Å². The number of nitrogens with one attached hydrogen (secondary N) is 1. The molecule has 3 rings (SSSR count). The van der Waals surface area contributed by atoms with Crippen molar-refractivity contribution in [3.8, 4) is 0 Å². The first-order chi connectivity index (χ1) is 13.1. The van der Waals surface area contributed by atoms with E-state index in [4.69, 9.17) is 16.3 Å². The molecule has 5 nitrogen and oxygen atoms in total. The van der Waals surface area contributed by atoms with Gasteiger partial charge in [0.05, 0.1) is 19.3 Å². The minimum atomic E-state index is -0.106. The number of rotatable bonds is 7. The molecule has 2 unspecified atom stereocenters. The maximum Gasteiger partial charge on any atom is 0.223 e. The van der Waals surface area contributed by atoms with Crippen molar-refractivity contribution in [3.63, 3.8) is 0 Å². The molecule has 1 amide bonds. The summed E-state index contributed by atoms with van der Waals surface area (Å²) in [6.07, 6.45) is 4.34. The number of carbonyl (C=O) groups excluding carboxylic acids is 1. The Bertz CT molecular complexity index is 718. The second-order valence-electron chi connectivity index (χ2n) is 6.93. The lowest BCUT2D eigenvalue weighted by atomic mass is 10.00. The van der Waals surface area contributed by atoms with Gasteiger partial charge < -0.3 is 10.1 Å². The van der Waals surface area contributed by atoms with Gasteiger partial charge in [-0.3, -0.25) is 14.7 Å². The number of benzene rings is 1. The minimum absolute atomic E-state index is 0.0621. The zero-order chi connectivity index (χ0) is 19.1. The fraction of sp³-hybridized carbons (Fsp3) is 0.429. The number of halogens is 1. The summed E-state index contributed by atoms with van der Waals surface area (Å²) in [5.74, 6) is -0.0440. The van der Waals surface area contributed by atoms with E-state index in [1.54, 1.807) is 6.20 Å². The number of ether oxygens (including phenoxy) is 1. The molecular weight excluding hydrogens is 362 g/mol. The van der Waals surface area contributed by atoms with E-state index < -0.39 is 0 Å². The molecule has 1 fully saturated rings. The molecule has 1 aliphatic rings. The highest BCUT2D eigenvalue weighted by atomic mass is 35.5. The van der Waals surface area contributed by atoms with E-state index in [0.717, 1.165) is 37.4 Å². The van der Waals surface area contributed by atoms with E-state index in [-0.39, 0.29) is 17.9 Å². The van der Waals surface area contributed by atoms with E-state index in [1.165, 1.54) is 0 Å². The third-order valence-electron chi connectivity index (χ3n) is 4.93. The Kier molecular flexibility index (Phi) is 7.21. The average molecular weight is 388 g/mol. The molecule has 6 heteroatoms. The van der Waals surface area contributed by atoms with Crippen molar-refractivity contribution in [1.29, 1.82) is 0 Å². The highest BCUT2D eigenvalue weighted by Gasteiger charge is 2.24. The van der Waals surface area contributed by atoms with Crippen molar-refractivity contribution in [2.24, 2.45) is 5.92 Å². The molecule has 1 aromatic heterocycles. The highest BCUT2D eigenvalue weighted by molar-refractivity contribution is 6.30.